The lowest BCUT2D eigenvalue weighted by Gasteiger charge is -2.37. The Hall–Kier alpha value is -5.66. The predicted molar refractivity (Wildman–Crippen MR) is 191 cm³/mol. The van der Waals surface area contributed by atoms with Crippen molar-refractivity contribution in [2.75, 3.05) is 5.32 Å². The van der Waals surface area contributed by atoms with Crippen LogP contribution in [0.4, 0.5) is 10.2 Å². The molecule has 0 saturated heterocycles. The number of benzene rings is 4. The molecule has 0 radical (unpaired) electrons. The summed E-state index contributed by atoms with van der Waals surface area (Å²) in [4.78, 5) is 27.0. The molecule has 1 aliphatic rings. The molecule has 0 bridgehead atoms. The number of imidazole rings is 1. The average molecular weight is 664 g/mol. The zero-order valence-corrected chi connectivity index (χ0v) is 27.3. The quantitative estimate of drug-likeness (QED) is 0.165. The highest BCUT2D eigenvalue weighted by molar-refractivity contribution is 6.36. The summed E-state index contributed by atoms with van der Waals surface area (Å²) in [6.07, 6.45) is 9.42. The number of aryl methyl sites for hydroxylation is 1. The normalized spacial score (nSPS) is 15.7. The van der Waals surface area contributed by atoms with Gasteiger partial charge >= 0.3 is 0 Å². The molecule has 1 fully saturated rings. The number of anilines is 1. The molecule has 4 aromatic carbocycles. The molecule has 3 heterocycles. The van der Waals surface area contributed by atoms with E-state index in [1.54, 1.807) is 24.5 Å². The van der Waals surface area contributed by atoms with Gasteiger partial charge in [-0.2, -0.15) is 0 Å². The molecule has 49 heavy (non-hydrogen) atoms. The highest BCUT2D eigenvalue weighted by atomic mass is 35.5. The first-order chi connectivity index (χ1) is 23.9. The van der Waals surface area contributed by atoms with Gasteiger partial charge in [0.25, 0.3) is 0 Å². The molecule has 1 N–H and O–H groups in total. The van der Waals surface area contributed by atoms with Crippen molar-refractivity contribution in [3.63, 3.8) is 0 Å². The van der Waals surface area contributed by atoms with Crippen LogP contribution in [0, 0.1) is 18.7 Å². The van der Waals surface area contributed by atoms with Gasteiger partial charge in [0.05, 0.1) is 17.0 Å². The van der Waals surface area contributed by atoms with Crippen LogP contribution < -0.4 is 5.32 Å². The first-order valence-corrected chi connectivity index (χ1v) is 16.5. The van der Waals surface area contributed by atoms with Crippen molar-refractivity contribution >= 4 is 34.1 Å². The smallest absolute Gasteiger partial charge is 0.229 e. The number of carbonyl (C=O) groups excluding carboxylic acids is 1. The zero-order chi connectivity index (χ0) is 33.5. The number of hydrogen-bond acceptors (Lipinski definition) is 4. The van der Waals surface area contributed by atoms with Crippen molar-refractivity contribution < 1.29 is 9.18 Å². The number of hydrogen-bond donors (Lipinski definition) is 1. The van der Waals surface area contributed by atoms with Crippen molar-refractivity contribution in [1.82, 2.24) is 19.5 Å². The molecule has 0 unspecified atom stereocenters. The second-order valence-corrected chi connectivity index (χ2v) is 12.9. The minimum absolute atomic E-state index is 0.0171. The number of nitrogens with one attached hydrogen (secondary N) is 1. The monoisotopic (exact) mass is 663 g/mol. The summed E-state index contributed by atoms with van der Waals surface area (Å²) < 4.78 is 17.5. The fourth-order valence-corrected chi connectivity index (χ4v) is 7.23. The van der Waals surface area contributed by atoms with Gasteiger partial charge in [-0.15, -0.1) is 0 Å². The van der Waals surface area contributed by atoms with Gasteiger partial charge in [-0.3, -0.25) is 9.78 Å². The number of amides is 1. The molecular formula is C41H31ClFN5O. The van der Waals surface area contributed by atoms with E-state index in [2.05, 4.69) is 98.8 Å². The Morgan fingerprint density at radius 1 is 0.857 bits per heavy atom. The van der Waals surface area contributed by atoms with Crippen LogP contribution in [0.5, 0.6) is 0 Å². The number of carbonyl (C=O) groups is 1. The lowest BCUT2D eigenvalue weighted by Crippen LogP contribution is -2.36. The number of nitrogens with zero attached hydrogens (tertiary/aromatic N) is 4. The van der Waals surface area contributed by atoms with Gasteiger partial charge < -0.3 is 9.88 Å². The van der Waals surface area contributed by atoms with Gasteiger partial charge in [-0.1, -0.05) is 103 Å². The molecule has 0 spiro atoms. The topological polar surface area (TPSA) is 72.7 Å². The maximum absolute atomic E-state index is 15.3. The van der Waals surface area contributed by atoms with Gasteiger partial charge in [0.1, 0.15) is 17.2 Å². The van der Waals surface area contributed by atoms with Gasteiger partial charge in [0.2, 0.25) is 5.91 Å². The maximum atomic E-state index is 15.3. The third kappa shape index (κ3) is 5.36. The van der Waals surface area contributed by atoms with Crippen LogP contribution in [0.15, 0.2) is 140 Å². The lowest BCUT2D eigenvalue weighted by molar-refractivity contribution is -0.117. The molecule has 3 aromatic heterocycles. The lowest BCUT2D eigenvalue weighted by atomic mass is 9.77. The summed E-state index contributed by atoms with van der Waals surface area (Å²) in [5.41, 5.74) is 5.37. The summed E-state index contributed by atoms with van der Waals surface area (Å²) in [6.45, 7) is 1.90. The van der Waals surface area contributed by atoms with Crippen LogP contribution in [0.25, 0.3) is 21.9 Å². The first kappa shape index (κ1) is 30.7. The van der Waals surface area contributed by atoms with E-state index in [1.807, 2.05) is 37.5 Å². The molecule has 1 saturated carbocycles. The summed E-state index contributed by atoms with van der Waals surface area (Å²) in [5.74, 6) is -0.582. The summed E-state index contributed by atoms with van der Waals surface area (Å²) in [5, 5.41) is 4.10. The Morgan fingerprint density at radius 3 is 2.10 bits per heavy atom. The third-order valence-corrected chi connectivity index (χ3v) is 9.92. The SMILES string of the molecule is Cc1ccncc1-c1cc2cc(NC(=O)[C@@H]3C[C@H]3c3cn(C(c4ccccc4)(c4ccccc4)c4ccccc4)cn3)ncc2c(Cl)c1F. The average Bonchev–Trinajstić information content (AvgIpc) is 3.80. The first-order valence-electron chi connectivity index (χ1n) is 16.2. The highest BCUT2D eigenvalue weighted by Crippen LogP contribution is 2.49. The Labute approximate surface area is 288 Å². The van der Waals surface area contributed by atoms with Crippen LogP contribution in [0.1, 0.15) is 40.3 Å². The number of halogens is 2. The molecule has 1 amide bonds. The molecular weight excluding hydrogens is 633 g/mol. The summed E-state index contributed by atoms with van der Waals surface area (Å²) in [6, 6.07) is 36.6. The van der Waals surface area contributed by atoms with Crippen LogP contribution in [-0.4, -0.2) is 25.4 Å². The highest BCUT2D eigenvalue weighted by Gasteiger charge is 2.47. The van der Waals surface area contributed by atoms with Crippen LogP contribution >= 0.6 is 11.6 Å². The Bertz CT molecular complexity index is 2210. The fourth-order valence-electron chi connectivity index (χ4n) is 6.97. The van der Waals surface area contributed by atoms with Gasteiger partial charge in [-0.05, 0) is 59.2 Å². The molecule has 6 nitrogen and oxygen atoms in total. The van der Waals surface area contributed by atoms with E-state index in [4.69, 9.17) is 16.6 Å². The Morgan fingerprint density at radius 2 is 1.49 bits per heavy atom. The third-order valence-electron chi connectivity index (χ3n) is 9.55. The molecule has 8 rings (SSSR count). The number of pyridine rings is 2. The molecule has 1 aliphatic carbocycles. The van der Waals surface area contributed by atoms with Crippen molar-refractivity contribution in [1.29, 1.82) is 0 Å². The van der Waals surface area contributed by atoms with E-state index in [0.29, 0.717) is 34.1 Å². The number of rotatable bonds is 8. The predicted octanol–water partition coefficient (Wildman–Crippen LogP) is 9.18. The van der Waals surface area contributed by atoms with Gasteiger partial charge in [0, 0.05) is 53.1 Å². The second kappa shape index (κ2) is 12.4. The van der Waals surface area contributed by atoms with Gasteiger partial charge in [-0.25, -0.2) is 14.4 Å². The van der Waals surface area contributed by atoms with Gasteiger partial charge in [0.15, 0.2) is 0 Å². The summed E-state index contributed by atoms with van der Waals surface area (Å²) >= 11 is 6.46. The largest absolute Gasteiger partial charge is 0.319 e. The number of aromatic nitrogens is 4. The fraction of sp³-hybridized carbons (Fsp3) is 0.122. The molecule has 7 aromatic rings. The molecule has 2 atom stereocenters. The number of fused-ring (bicyclic) bond motifs is 1. The Balaban J connectivity index is 1.09. The minimum Gasteiger partial charge on any atom is -0.319 e. The van der Waals surface area contributed by atoms with Crippen molar-refractivity contribution in [2.45, 2.75) is 24.8 Å². The molecule has 8 heteroatoms. The van der Waals surface area contributed by atoms with E-state index in [1.165, 1.54) is 6.20 Å². The maximum Gasteiger partial charge on any atom is 0.229 e. The zero-order valence-electron chi connectivity index (χ0n) is 26.6. The Kier molecular flexibility index (Phi) is 7.77. The van der Waals surface area contributed by atoms with Crippen molar-refractivity contribution in [2.24, 2.45) is 5.92 Å². The molecule has 0 aliphatic heterocycles. The minimum atomic E-state index is -0.676. The van der Waals surface area contributed by atoms with Crippen LogP contribution in [0.2, 0.25) is 5.02 Å². The van der Waals surface area contributed by atoms with E-state index < -0.39 is 11.4 Å². The summed E-state index contributed by atoms with van der Waals surface area (Å²) in [7, 11) is 0. The van der Waals surface area contributed by atoms with Crippen LogP contribution in [0.3, 0.4) is 0 Å². The van der Waals surface area contributed by atoms with Crippen LogP contribution in [-0.2, 0) is 10.3 Å². The standard InChI is InChI=1S/C41H31ClFN5O/c1-26-17-18-44-22-34(26)32-19-27-20-37(45-23-35(27)38(42)39(32)43)47-40(49)33-21-31(33)36-24-48(25-46-36)41(28-11-5-2-6-12-28,29-13-7-3-8-14-29)30-15-9-4-10-16-30/h2-20,22-25,31,33H,21H2,1H3,(H,45,47,49)/t31-,33-/m1/s1. The van der Waals surface area contributed by atoms with E-state index in [-0.39, 0.29) is 22.8 Å². The van der Waals surface area contributed by atoms with E-state index in [9.17, 15) is 4.79 Å². The van der Waals surface area contributed by atoms with E-state index in [0.717, 1.165) is 27.9 Å². The van der Waals surface area contributed by atoms with Crippen molar-refractivity contribution in [3.8, 4) is 11.1 Å². The molecule has 240 valence electrons. The van der Waals surface area contributed by atoms with E-state index >= 15 is 4.39 Å². The van der Waals surface area contributed by atoms with Crippen molar-refractivity contribution in [3.05, 3.63) is 179 Å². The second-order valence-electron chi connectivity index (χ2n) is 12.5.